The Hall–Kier alpha value is -1.91. The Kier molecular flexibility index (Phi) is 5.17. The van der Waals surface area contributed by atoms with E-state index in [1.165, 1.54) is 18.6 Å². The number of nitrogens with zero attached hydrogens (tertiary/aromatic N) is 2. The van der Waals surface area contributed by atoms with Crippen molar-refractivity contribution in [2.45, 2.75) is 45.1 Å². The van der Waals surface area contributed by atoms with E-state index in [0.717, 1.165) is 24.9 Å². The molecule has 1 aromatic carbocycles. The Morgan fingerprint density at radius 2 is 2.00 bits per heavy atom. The van der Waals surface area contributed by atoms with E-state index in [1.54, 1.807) is 17.0 Å². The second-order valence-corrected chi connectivity index (χ2v) is 6.99. The first kappa shape index (κ1) is 16.9. The van der Waals surface area contributed by atoms with E-state index in [1.807, 2.05) is 4.90 Å². The summed E-state index contributed by atoms with van der Waals surface area (Å²) in [6, 6.07) is 6.65. The number of hydrogen-bond acceptors (Lipinski definition) is 2. The topological polar surface area (TPSA) is 40.6 Å². The SMILES string of the molecule is C[C@H]1CCCCN1C(=O)[C@@H]1CC(=O)N(CCc2ccc(F)cc2)C1. The van der Waals surface area contributed by atoms with Crippen LogP contribution in [0.4, 0.5) is 4.39 Å². The van der Waals surface area contributed by atoms with Crippen molar-refractivity contribution in [3.05, 3.63) is 35.6 Å². The molecule has 0 spiro atoms. The molecule has 0 saturated carbocycles. The predicted molar refractivity (Wildman–Crippen MR) is 89.8 cm³/mol. The molecule has 0 N–H and O–H groups in total. The molecular weight excluding hydrogens is 307 g/mol. The van der Waals surface area contributed by atoms with Gasteiger partial charge in [-0.2, -0.15) is 0 Å². The molecule has 2 aliphatic rings. The maximum absolute atomic E-state index is 12.9. The summed E-state index contributed by atoms with van der Waals surface area (Å²) < 4.78 is 12.9. The van der Waals surface area contributed by atoms with Gasteiger partial charge in [0.15, 0.2) is 0 Å². The quantitative estimate of drug-likeness (QED) is 0.850. The van der Waals surface area contributed by atoms with Crippen LogP contribution in [0.2, 0.25) is 0 Å². The number of piperidine rings is 1. The minimum atomic E-state index is -0.252. The number of halogens is 1. The maximum Gasteiger partial charge on any atom is 0.228 e. The van der Waals surface area contributed by atoms with Gasteiger partial charge in [-0.15, -0.1) is 0 Å². The van der Waals surface area contributed by atoms with Crippen LogP contribution in [-0.2, 0) is 16.0 Å². The van der Waals surface area contributed by atoms with Crippen molar-refractivity contribution in [3.8, 4) is 0 Å². The number of rotatable bonds is 4. The van der Waals surface area contributed by atoms with Crippen molar-refractivity contribution in [3.63, 3.8) is 0 Å². The third-order valence-electron chi connectivity index (χ3n) is 5.23. The van der Waals surface area contributed by atoms with Crippen LogP contribution < -0.4 is 0 Å². The van der Waals surface area contributed by atoms with E-state index >= 15 is 0 Å². The van der Waals surface area contributed by atoms with Gasteiger partial charge in [-0.05, 0) is 50.3 Å². The molecule has 24 heavy (non-hydrogen) atoms. The summed E-state index contributed by atoms with van der Waals surface area (Å²) in [7, 11) is 0. The average Bonchev–Trinajstić information content (AvgIpc) is 2.95. The van der Waals surface area contributed by atoms with Crippen molar-refractivity contribution in [1.82, 2.24) is 9.80 Å². The molecule has 3 rings (SSSR count). The van der Waals surface area contributed by atoms with Crippen LogP contribution >= 0.6 is 0 Å². The molecule has 2 fully saturated rings. The zero-order valence-electron chi connectivity index (χ0n) is 14.2. The van der Waals surface area contributed by atoms with Crippen LogP contribution in [0.3, 0.4) is 0 Å². The van der Waals surface area contributed by atoms with Gasteiger partial charge in [0, 0.05) is 32.1 Å². The number of amides is 2. The summed E-state index contributed by atoms with van der Waals surface area (Å²) in [6.45, 7) is 4.02. The van der Waals surface area contributed by atoms with Crippen molar-refractivity contribution in [2.75, 3.05) is 19.6 Å². The van der Waals surface area contributed by atoms with Gasteiger partial charge in [-0.25, -0.2) is 4.39 Å². The van der Waals surface area contributed by atoms with Gasteiger partial charge >= 0.3 is 0 Å². The van der Waals surface area contributed by atoms with Crippen LogP contribution in [0, 0.1) is 11.7 Å². The second kappa shape index (κ2) is 7.32. The Morgan fingerprint density at radius 3 is 2.71 bits per heavy atom. The number of benzene rings is 1. The van der Waals surface area contributed by atoms with Gasteiger partial charge in [-0.1, -0.05) is 12.1 Å². The van der Waals surface area contributed by atoms with Crippen molar-refractivity contribution < 1.29 is 14.0 Å². The van der Waals surface area contributed by atoms with Gasteiger partial charge in [0.25, 0.3) is 0 Å². The number of likely N-dealkylation sites (tertiary alicyclic amines) is 2. The van der Waals surface area contributed by atoms with E-state index < -0.39 is 0 Å². The zero-order valence-corrected chi connectivity index (χ0v) is 14.2. The lowest BCUT2D eigenvalue weighted by Crippen LogP contribution is -2.45. The lowest BCUT2D eigenvalue weighted by molar-refractivity contribution is -0.139. The molecule has 0 aromatic heterocycles. The molecule has 1 aromatic rings. The van der Waals surface area contributed by atoms with E-state index in [9.17, 15) is 14.0 Å². The normalized spacial score (nSPS) is 24.5. The summed E-state index contributed by atoms with van der Waals surface area (Å²) in [5, 5.41) is 0. The molecule has 4 nitrogen and oxygen atoms in total. The highest BCUT2D eigenvalue weighted by atomic mass is 19.1. The first-order valence-corrected chi connectivity index (χ1v) is 8.87. The molecule has 2 heterocycles. The smallest absolute Gasteiger partial charge is 0.228 e. The largest absolute Gasteiger partial charge is 0.342 e. The van der Waals surface area contributed by atoms with Gasteiger partial charge < -0.3 is 9.80 Å². The van der Waals surface area contributed by atoms with Crippen LogP contribution in [0.5, 0.6) is 0 Å². The summed E-state index contributed by atoms with van der Waals surface area (Å²) in [6.07, 6.45) is 4.31. The molecule has 0 unspecified atom stereocenters. The minimum Gasteiger partial charge on any atom is -0.342 e. The molecule has 0 radical (unpaired) electrons. The molecule has 0 aliphatic carbocycles. The number of carbonyl (C=O) groups excluding carboxylic acids is 2. The highest BCUT2D eigenvalue weighted by Gasteiger charge is 2.37. The Bertz CT molecular complexity index is 602. The fourth-order valence-corrected chi connectivity index (χ4v) is 3.73. The summed E-state index contributed by atoms with van der Waals surface area (Å²) in [4.78, 5) is 28.7. The molecule has 130 valence electrons. The standard InChI is InChI=1S/C19H25FN2O2/c1-14-4-2-3-10-22(14)19(24)16-12-18(23)21(13-16)11-9-15-5-7-17(20)8-6-15/h5-8,14,16H,2-4,9-13H2,1H3/t14-,16+/m0/s1. The van der Waals surface area contributed by atoms with Gasteiger partial charge in [0.05, 0.1) is 5.92 Å². The second-order valence-electron chi connectivity index (χ2n) is 6.99. The van der Waals surface area contributed by atoms with E-state index in [0.29, 0.717) is 25.9 Å². The lowest BCUT2D eigenvalue weighted by Gasteiger charge is -2.35. The molecule has 2 amide bonds. The average molecular weight is 332 g/mol. The molecule has 2 aliphatic heterocycles. The molecular formula is C19H25FN2O2. The van der Waals surface area contributed by atoms with Gasteiger partial charge in [-0.3, -0.25) is 9.59 Å². The fraction of sp³-hybridized carbons (Fsp3) is 0.579. The third kappa shape index (κ3) is 3.77. The highest BCUT2D eigenvalue weighted by molar-refractivity contribution is 5.89. The summed E-state index contributed by atoms with van der Waals surface area (Å²) in [5.41, 5.74) is 1.00. The maximum atomic E-state index is 12.9. The molecule has 2 saturated heterocycles. The first-order chi connectivity index (χ1) is 11.5. The van der Waals surface area contributed by atoms with Crippen molar-refractivity contribution in [2.24, 2.45) is 5.92 Å². The zero-order chi connectivity index (χ0) is 17.1. The molecule has 2 atom stereocenters. The Labute approximate surface area is 142 Å². The fourth-order valence-electron chi connectivity index (χ4n) is 3.73. The molecule has 0 bridgehead atoms. The van der Waals surface area contributed by atoms with Crippen LogP contribution in [-0.4, -0.2) is 47.3 Å². The van der Waals surface area contributed by atoms with Crippen LogP contribution in [0.25, 0.3) is 0 Å². The van der Waals surface area contributed by atoms with Crippen molar-refractivity contribution in [1.29, 1.82) is 0 Å². The highest BCUT2D eigenvalue weighted by Crippen LogP contribution is 2.25. The summed E-state index contributed by atoms with van der Waals surface area (Å²) in [5.74, 6) is -0.261. The number of carbonyl (C=O) groups is 2. The van der Waals surface area contributed by atoms with E-state index in [2.05, 4.69) is 6.92 Å². The first-order valence-electron chi connectivity index (χ1n) is 8.87. The third-order valence-corrected chi connectivity index (χ3v) is 5.23. The van der Waals surface area contributed by atoms with Crippen molar-refractivity contribution >= 4 is 11.8 Å². The lowest BCUT2D eigenvalue weighted by atomic mass is 9.99. The van der Waals surface area contributed by atoms with Crippen LogP contribution in [0.1, 0.15) is 38.2 Å². The minimum absolute atomic E-state index is 0.0557. The van der Waals surface area contributed by atoms with E-state index in [4.69, 9.17) is 0 Å². The van der Waals surface area contributed by atoms with Gasteiger partial charge in [0.2, 0.25) is 11.8 Å². The number of hydrogen-bond donors (Lipinski definition) is 0. The van der Waals surface area contributed by atoms with Crippen LogP contribution in [0.15, 0.2) is 24.3 Å². The Morgan fingerprint density at radius 1 is 1.25 bits per heavy atom. The monoisotopic (exact) mass is 332 g/mol. The predicted octanol–water partition coefficient (Wildman–Crippen LogP) is 2.62. The van der Waals surface area contributed by atoms with Gasteiger partial charge in [0.1, 0.15) is 5.82 Å². The summed E-state index contributed by atoms with van der Waals surface area (Å²) >= 11 is 0. The molecule has 5 heteroatoms. The Balaban J connectivity index is 1.55. The van der Waals surface area contributed by atoms with E-state index in [-0.39, 0.29) is 29.6 Å².